The van der Waals surface area contributed by atoms with Gasteiger partial charge >= 0.3 is 0 Å². The van der Waals surface area contributed by atoms with E-state index in [2.05, 4.69) is 38.8 Å². The summed E-state index contributed by atoms with van der Waals surface area (Å²) < 4.78 is 2.14. The number of hydrogen-bond acceptors (Lipinski definition) is 4. The van der Waals surface area contributed by atoms with Gasteiger partial charge in [-0.3, -0.25) is 4.90 Å². The minimum Gasteiger partial charge on any atom is -0.315 e. The lowest BCUT2D eigenvalue weighted by atomic mass is 10.2. The van der Waals surface area contributed by atoms with Gasteiger partial charge in [0.25, 0.3) is 0 Å². The third-order valence-electron chi connectivity index (χ3n) is 3.56. The topological polar surface area (TPSA) is 46.0 Å². The Bertz CT molecular complexity index is 331. The normalized spacial score (nSPS) is 16.4. The molecule has 0 aliphatic carbocycles. The molecule has 0 aromatic carbocycles. The molecule has 0 amide bonds. The molecule has 0 atom stereocenters. The van der Waals surface area contributed by atoms with Crippen LogP contribution in [0.25, 0.3) is 0 Å². The number of hydrogen-bond donors (Lipinski definition) is 1. The van der Waals surface area contributed by atoms with Crippen LogP contribution in [0.1, 0.15) is 32.5 Å². The second kappa shape index (κ2) is 6.12. The quantitative estimate of drug-likeness (QED) is 0.797. The molecule has 0 bridgehead atoms. The van der Waals surface area contributed by atoms with Crippen LogP contribution in [0.3, 0.4) is 0 Å². The first-order chi connectivity index (χ1) is 8.33. The van der Waals surface area contributed by atoms with Crippen LogP contribution in [-0.2, 0) is 13.1 Å². The van der Waals surface area contributed by atoms with E-state index >= 15 is 0 Å². The fourth-order valence-corrected chi connectivity index (χ4v) is 2.31. The Morgan fingerprint density at radius 2 is 2.18 bits per heavy atom. The van der Waals surface area contributed by atoms with Crippen LogP contribution in [0.15, 0.2) is 6.33 Å². The molecular formula is C12H23N5. The van der Waals surface area contributed by atoms with Crippen molar-refractivity contribution in [2.45, 2.75) is 45.8 Å². The fraction of sp³-hybridized carbons (Fsp3) is 0.833. The largest absolute Gasteiger partial charge is 0.315 e. The third-order valence-corrected chi connectivity index (χ3v) is 3.56. The van der Waals surface area contributed by atoms with Gasteiger partial charge in [-0.15, -0.1) is 10.2 Å². The van der Waals surface area contributed by atoms with Gasteiger partial charge in [-0.25, -0.2) is 0 Å². The Labute approximate surface area is 103 Å². The number of fused-ring (bicyclic) bond motifs is 1. The smallest absolute Gasteiger partial charge is 0.147 e. The van der Waals surface area contributed by atoms with Crippen molar-refractivity contribution in [3.63, 3.8) is 0 Å². The van der Waals surface area contributed by atoms with E-state index in [-0.39, 0.29) is 0 Å². The lowest BCUT2D eigenvalue weighted by Crippen LogP contribution is -2.40. The van der Waals surface area contributed by atoms with Crippen molar-refractivity contribution in [3.05, 3.63) is 12.2 Å². The highest BCUT2D eigenvalue weighted by Crippen LogP contribution is 2.07. The van der Waals surface area contributed by atoms with Crippen LogP contribution >= 0.6 is 0 Å². The molecule has 5 nitrogen and oxygen atoms in total. The van der Waals surface area contributed by atoms with Crippen molar-refractivity contribution >= 4 is 0 Å². The van der Waals surface area contributed by atoms with Crippen LogP contribution in [0.4, 0.5) is 0 Å². The minimum absolute atomic E-state index is 0.670. The summed E-state index contributed by atoms with van der Waals surface area (Å²) in [5.41, 5.74) is 0. The molecule has 17 heavy (non-hydrogen) atoms. The zero-order valence-corrected chi connectivity index (χ0v) is 10.9. The van der Waals surface area contributed by atoms with Crippen LogP contribution in [0, 0.1) is 0 Å². The Morgan fingerprint density at radius 1 is 1.35 bits per heavy atom. The lowest BCUT2D eigenvalue weighted by molar-refractivity contribution is 0.214. The molecule has 0 radical (unpaired) electrons. The van der Waals surface area contributed by atoms with Crippen molar-refractivity contribution in [2.24, 2.45) is 0 Å². The van der Waals surface area contributed by atoms with E-state index in [1.807, 2.05) is 6.33 Å². The van der Waals surface area contributed by atoms with E-state index in [9.17, 15) is 0 Å². The average molecular weight is 237 g/mol. The lowest BCUT2D eigenvalue weighted by Gasteiger charge is -2.27. The number of rotatable bonds is 6. The predicted molar refractivity (Wildman–Crippen MR) is 67.7 cm³/mol. The van der Waals surface area contributed by atoms with Crippen LogP contribution in [0.5, 0.6) is 0 Å². The van der Waals surface area contributed by atoms with Crippen LogP contribution in [0.2, 0.25) is 0 Å². The highest BCUT2D eigenvalue weighted by Gasteiger charge is 2.16. The second-order valence-corrected chi connectivity index (χ2v) is 4.68. The summed E-state index contributed by atoms with van der Waals surface area (Å²) in [5, 5.41) is 11.7. The van der Waals surface area contributed by atoms with Gasteiger partial charge in [-0.1, -0.05) is 13.8 Å². The van der Waals surface area contributed by atoms with Crippen molar-refractivity contribution in [3.8, 4) is 0 Å². The molecule has 1 N–H and O–H groups in total. The van der Waals surface area contributed by atoms with Gasteiger partial charge in [0, 0.05) is 32.2 Å². The van der Waals surface area contributed by atoms with E-state index in [1.165, 1.54) is 12.8 Å². The molecule has 2 heterocycles. The summed E-state index contributed by atoms with van der Waals surface area (Å²) in [6.07, 6.45) is 4.25. The van der Waals surface area contributed by atoms with Crippen molar-refractivity contribution in [2.75, 3.05) is 19.6 Å². The molecule has 1 aromatic rings. The molecule has 0 unspecified atom stereocenters. The fourth-order valence-electron chi connectivity index (χ4n) is 2.31. The average Bonchev–Trinajstić information content (AvgIpc) is 2.82. The zero-order chi connectivity index (χ0) is 12.1. The Hall–Kier alpha value is -0.940. The second-order valence-electron chi connectivity index (χ2n) is 4.68. The zero-order valence-electron chi connectivity index (χ0n) is 10.9. The maximum atomic E-state index is 4.13. The SMILES string of the molecule is CCC(CC)NCCN1CCn2cnnc2C1. The number of nitrogens with zero attached hydrogens (tertiary/aromatic N) is 4. The maximum Gasteiger partial charge on any atom is 0.147 e. The molecule has 1 aromatic heterocycles. The van der Waals surface area contributed by atoms with E-state index in [0.29, 0.717) is 6.04 Å². The molecule has 0 saturated heterocycles. The Balaban J connectivity index is 1.71. The van der Waals surface area contributed by atoms with Crippen molar-refractivity contribution in [1.82, 2.24) is 25.0 Å². The highest BCUT2D eigenvalue weighted by atomic mass is 15.3. The van der Waals surface area contributed by atoms with Gasteiger partial charge in [0.1, 0.15) is 12.2 Å². The van der Waals surface area contributed by atoms with Gasteiger partial charge in [-0.2, -0.15) is 0 Å². The van der Waals surface area contributed by atoms with E-state index in [1.54, 1.807) is 0 Å². The summed E-state index contributed by atoms with van der Waals surface area (Å²) >= 11 is 0. The maximum absolute atomic E-state index is 4.13. The number of aromatic nitrogens is 3. The van der Waals surface area contributed by atoms with Crippen molar-refractivity contribution < 1.29 is 0 Å². The summed E-state index contributed by atoms with van der Waals surface area (Å²) in [4.78, 5) is 2.44. The first-order valence-corrected chi connectivity index (χ1v) is 6.66. The molecule has 5 heteroatoms. The Morgan fingerprint density at radius 3 is 2.94 bits per heavy atom. The van der Waals surface area contributed by atoms with Crippen molar-refractivity contribution in [1.29, 1.82) is 0 Å². The molecule has 0 saturated carbocycles. The third kappa shape index (κ3) is 3.26. The van der Waals surface area contributed by atoms with Crippen LogP contribution < -0.4 is 5.32 Å². The Kier molecular flexibility index (Phi) is 4.50. The molecule has 0 fully saturated rings. The molecule has 0 spiro atoms. The number of nitrogens with one attached hydrogen (secondary N) is 1. The first kappa shape index (κ1) is 12.5. The van der Waals surface area contributed by atoms with Gasteiger partial charge in [0.05, 0.1) is 6.54 Å². The first-order valence-electron chi connectivity index (χ1n) is 6.66. The molecule has 96 valence electrons. The molecule has 1 aliphatic heterocycles. The van der Waals surface area contributed by atoms with Gasteiger partial charge in [0.15, 0.2) is 0 Å². The highest BCUT2D eigenvalue weighted by molar-refractivity contribution is 4.89. The minimum atomic E-state index is 0.670. The predicted octanol–water partition coefficient (Wildman–Crippen LogP) is 0.872. The molecule has 1 aliphatic rings. The van der Waals surface area contributed by atoms with Gasteiger partial charge in [0.2, 0.25) is 0 Å². The molecular weight excluding hydrogens is 214 g/mol. The van der Waals surface area contributed by atoms with E-state index in [0.717, 1.165) is 38.5 Å². The molecule has 2 rings (SSSR count). The van der Waals surface area contributed by atoms with E-state index < -0.39 is 0 Å². The summed E-state index contributed by atoms with van der Waals surface area (Å²) in [5.74, 6) is 1.10. The standard InChI is InChI=1S/C12H23N5/c1-3-11(4-2)13-5-6-16-7-8-17-10-14-15-12(17)9-16/h10-11,13H,3-9H2,1-2H3. The summed E-state index contributed by atoms with van der Waals surface area (Å²) in [7, 11) is 0. The van der Waals surface area contributed by atoms with E-state index in [4.69, 9.17) is 0 Å². The van der Waals surface area contributed by atoms with Crippen LogP contribution in [-0.4, -0.2) is 45.3 Å². The monoisotopic (exact) mass is 237 g/mol. The summed E-state index contributed by atoms with van der Waals surface area (Å²) in [6.45, 7) is 9.71. The van der Waals surface area contributed by atoms with Gasteiger partial charge < -0.3 is 9.88 Å². The van der Waals surface area contributed by atoms with Gasteiger partial charge in [-0.05, 0) is 12.8 Å². The summed E-state index contributed by atoms with van der Waals surface area (Å²) in [6, 6.07) is 0.670.